The molecule has 0 radical (unpaired) electrons. The van der Waals surface area contributed by atoms with E-state index in [0.29, 0.717) is 50.3 Å². The molecule has 3 aromatic rings. The number of likely N-dealkylation sites (tertiary alicyclic amines) is 1. The zero-order valence-electron chi connectivity index (χ0n) is 16.6. The van der Waals surface area contributed by atoms with E-state index in [-0.39, 0.29) is 28.2 Å². The molecule has 30 heavy (non-hydrogen) atoms. The van der Waals surface area contributed by atoms with Crippen molar-refractivity contribution in [1.29, 1.82) is 0 Å². The van der Waals surface area contributed by atoms with Crippen molar-refractivity contribution < 1.29 is 26.5 Å². The van der Waals surface area contributed by atoms with Crippen LogP contribution in [0.1, 0.15) is 38.2 Å². The van der Waals surface area contributed by atoms with Crippen molar-refractivity contribution in [2.75, 3.05) is 6.54 Å². The lowest BCUT2D eigenvalue weighted by atomic mass is 9.98. The van der Waals surface area contributed by atoms with Crippen LogP contribution >= 0.6 is 23.2 Å². The van der Waals surface area contributed by atoms with Crippen LogP contribution in [-0.4, -0.2) is 22.6 Å². The van der Waals surface area contributed by atoms with Crippen LogP contribution in [0.4, 0.5) is 0 Å². The summed E-state index contributed by atoms with van der Waals surface area (Å²) in [5.74, 6) is 0.151. The van der Waals surface area contributed by atoms with Crippen molar-refractivity contribution in [1.82, 2.24) is 4.90 Å². The molecule has 2 heterocycles. The smallest absolute Gasteiger partial charge is 0.200 e. The molecule has 1 saturated heterocycles. The standard InChI is InChI=1S/C23H23Cl2NO3.BrH/c1-2-15-5-3-4-10-26(15)12-18-21(27)9-8-17-22(28)19(13-29-23(17)18)16-7-6-14(24)11-20(16)25;/h6-9,11,13,15,27H,2-5,10,12H2,1H3;1H/p-1. The first-order chi connectivity index (χ1) is 14.0. The van der Waals surface area contributed by atoms with Gasteiger partial charge in [0.2, 0.25) is 5.43 Å². The molecule has 0 amide bonds. The topological polar surface area (TPSA) is 53.7 Å². The number of piperidine rings is 1. The van der Waals surface area contributed by atoms with E-state index < -0.39 is 0 Å². The van der Waals surface area contributed by atoms with E-state index in [4.69, 9.17) is 27.6 Å². The Morgan fingerprint density at radius 3 is 2.70 bits per heavy atom. The summed E-state index contributed by atoms with van der Waals surface area (Å²) in [7, 11) is 0. The molecule has 0 spiro atoms. The lowest BCUT2D eigenvalue weighted by Crippen LogP contribution is -3.00. The normalized spacial score (nSPS) is 17.1. The van der Waals surface area contributed by atoms with Gasteiger partial charge in [-0.3, -0.25) is 9.69 Å². The summed E-state index contributed by atoms with van der Waals surface area (Å²) in [5.41, 5.74) is 1.86. The molecule has 1 unspecified atom stereocenters. The van der Waals surface area contributed by atoms with Crippen molar-refractivity contribution >= 4 is 34.2 Å². The van der Waals surface area contributed by atoms with Gasteiger partial charge in [-0.05, 0) is 50.1 Å². The molecule has 4 rings (SSSR count). The van der Waals surface area contributed by atoms with Gasteiger partial charge in [-0.25, -0.2) is 0 Å². The van der Waals surface area contributed by atoms with Crippen LogP contribution in [0.5, 0.6) is 5.75 Å². The average Bonchev–Trinajstić information content (AvgIpc) is 2.71. The minimum Gasteiger partial charge on any atom is -1.00 e. The van der Waals surface area contributed by atoms with Gasteiger partial charge in [-0.15, -0.1) is 0 Å². The monoisotopic (exact) mass is 510 g/mol. The number of aromatic hydroxyl groups is 1. The van der Waals surface area contributed by atoms with Crippen molar-refractivity contribution in [3.05, 3.63) is 62.4 Å². The molecule has 4 nitrogen and oxygen atoms in total. The van der Waals surface area contributed by atoms with Crippen LogP contribution < -0.4 is 22.4 Å². The number of phenols is 1. The van der Waals surface area contributed by atoms with Gasteiger partial charge in [0.25, 0.3) is 0 Å². The zero-order chi connectivity index (χ0) is 20.5. The van der Waals surface area contributed by atoms with Gasteiger partial charge in [-0.2, -0.15) is 0 Å². The van der Waals surface area contributed by atoms with E-state index >= 15 is 0 Å². The quantitative estimate of drug-likeness (QED) is 0.584. The van der Waals surface area contributed by atoms with Crippen LogP contribution in [0.15, 0.2) is 45.8 Å². The summed E-state index contributed by atoms with van der Waals surface area (Å²) < 4.78 is 5.91. The molecule has 0 bridgehead atoms. The second-order valence-electron chi connectivity index (χ2n) is 7.57. The lowest BCUT2D eigenvalue weighted by Gasteiger charge is -2.35. The summed E-state index contributed by atoms with van der Waals surface area (Å²) in [5, 5.41) is 11.9. The van der Waals surface area contributed by atoms with Gasteiger partial charge in [0.05, 0.1) is 21.5 Å². The summed E-state index contributed by atoms with van der Waals surface area (Å²) in [4.78, 5) is 15.6. The number of benzene rings is 2. The Labute approximate surface area is 196 Å². The van der Waals surface area contributed by atoms with E-state index in [1.807, 2.05) is 0 Å². The van der Waals surface area contributed by atoms with Crippen LogP contribution in [-0.2, 0) is 6.54 Å². The van der Waals surface area contributed by atoms with Crippen molar-refractivity contribution in [2.24, 2.45) is 0 Å². The Bertz CT molecular complexity index is 1120. The number of fused-ring (bicyclic) bond motifs is 1. The van der Waals surface area contributed by atoms with Crippen LogP contribution in [0.2, 0.25) is 10.0 Å². The third-order valence-corrected chi connectivity index (χ3v) is 6.37. The molecule has 0 aliphatic carbocycles. The maximum atomic E-state index is 13.2. The number of rotatable bonds is 4. The number of halogens is 3. The Morgan fingerprint density at radius 1 is 1.17 bits per heavy atom. The molecule has 7 heteroatoms. The number of hydrogen-bond acceptors (Lipinski definition) is 4. The maximum absolute atomic E-state index is 13.2. The third-order valence-electron chi connectivity index (χ3n) is 5.82. The molecule has 0 saturated carbocycles. The van der Waals surface area contributed by atoms with Gasteiger partial charge >= 0.3 is 0 Å². The minimum atomic E-state index is -0.178. The fraction of sp³-hybridized carbons (Fsp3) is 0.348. The van der Waals surface area contributed by atoms with E-state index in [0.717, 1.165) is 25.8 Å². The highest BCUT2D eigenvalue weighted by molar-refractivity contribution is 6.36. The second-order valence-corrected chi connectivity index (χ2v) is 8.41. The highest BCUT2D eigenvalue weighted by Gasteiger charge is 2.24. The second kappa shape index (κ2) is 9.73. The molecular formula is C23H23BrCl2NO3-. The van der Waals surface area contributed by atoms with Crippen molar-refractivity contribution in [2.45, 2.75) is 45.2 Å². The van der Waals surface area contributed by atoms with E-state index in [1.165, 1.54) is 12.7 Å². The van der Waals surface area contributed by atoms with Crippen molar-refractivity contribution in [3.8, 4) is 16.9 Å². The van der Waals surface area contributed by atoms with Gasteiger partial charge in [0, 0.05) is 23.2 Å². The Hall–Kier alpha value is -1.53. The number of nitrogens with zero attached hydrogens (tertiary/aromatic N) is 1. The third kappa shape index (κ3) is 4.40. The first-order valence-electron chi connectivity index (χ1n) is 9.95. The van der Waals surface area contributed by atoms with Gasteiger partial charge < -0.3 is 26.5 Å². The van der Waals surface area contributed by atoms with E-state index in [9.17, 15) is 9.90 Å². The molecule has 1 fully saturated rings. The number of hydrogen-bond donors (Lipinski definition) is 1. The average molecular weight is 512 g/mol. The highest BCUT2D eigenvalue weighted by atomic mass is 79.9. The number of phenolic OH excluding ortho intramolecular Hbond substituents is 1. The predicted molar refractivity (Wildman–Crippen MR) is 118 cm³/mol. The Morgan fingerprint density at radius 2 is 1.97 bits per heavy atom. The molecule has 160 valence electrons. The molecule has 1 N–H and O–H groups in total. The summed E-state index contributed by atoms with van der Waals surface area (Å²) in [6.45, 7) is 3.73. The first-order valence-corrected chi connectivity index (χ1v) is 10.7. The predicted octanol–water partition coefficient (Wildman–Crippen LogP) is 3.24. The van der Waals surface area contributed by atoms with Crippen LogP contribution in [0.25, 0.3) is 22.1 Å². The zero-order valence-corrected chi connectivity index (χ0v) is 19.7. The molecule has 1 aromatic heterocycles. The van der Waals surface area contributed by atoms with Gasteiger partial charge in [0.1, 0.15) is 17.6 Å². The van der Waals surface area contributed by atoms with E-state index in [2.05, 4.69) is 11.8 Å². The first kappa shape index (κ1) is 23.1. The maximum Gasteiger partial charge on any atom is 0.200 e. The Kier molecular flexibility index (Phi) is 7.51. The summed E-state index contributed by atoms with van der Waals surface area (Å²) >= 11 is 12.3. The fourth-order valence-electron chi connectivity index (χ4n) is 4.23. The molecule has 1 atom stereocenters. The minimum absolute atomic E-state index is 0. The van der Waals surface area contributed by atoms with Crippen LogP contribution in [0.3, 0.4) is 0 Å². The SMILES string of the molecule is CCC1CCCCN1Cc1c(O)ccc2c(=O)c(-c3ccc(Cl)cc3Cl)coc12.[Br-]. The lowest BCUT2D eigenvalue weighted by molar-refractivity contribution is -0.00000716. The molecule has 1 aliphatic rings. The molecule has 1 aliphatic heterocycles. The van der Waals surface area contributed by atoms with E-state index in [1.54, 1.807) is 30.3 Å². The van der Waals surface area contributed by atoms with Crippen molar-refractivity contribution in [3.63, 3.8) is 0 Å². The molecule has 2 aromatic carbocycles. The largest absolute Gasteiger partial charge is 1.00 e. The Balaban J connectivity index is 0.00000256. The van der Waals surface area contributed by atoms with Gasteiger partial charge in [0.15, 0.2) is 0 Å². The summed E-state index contributed by atoms with van der Waals surface area (Å²) in [6.07, 6.45) is 6.03. The van der Waals surface area contributed by atoms with Crippen LogP contribution in [0, 0.1) is 0 Å². The summed E-state index contributed by atoms with van der Waals surface area (Å²) in [6, 6.07) is 8.68. The van der Waals surface area contributed by atoms with Gasteiger partial charge in [-0.1, -0.05) is 42.6 Å². The molecular weight excluding hydrogens is 489 g/mol. The fourth-order valence-corrected chi connectivity index (χ4v) is 4.74. The highest BCUT2D eigenvalue weighted by Crippen LogP contribution is 2.33.